The summed E-state index contributed by atoms with van der Waals surface area (Å²) in [5.74, 6) is 1.16. The molecule has 122 valence electrons. The average Bonchev–Trinajstić information content (AvgIpc) is 2.52. The van der Waals surface area contributed by atoms with Gasteiger partial charge in [0.1, 0.15) is 5.75 Å². The maximum atomic E-state index is 6.05. The molecule has 0 aliphatic heterocycles. The number of aromatic nitrogens is 2. The number of halogens is 1. The highest BCUT2D eigenvalue weighted by molar-refractivity contribution is 6.30. The standard InChI is InChI=1S/C19H18ClN3O/c1-11-6-12(2)18(13(3)7-11)24-19-16(21)4-5-17(23-19)14-8-15(20)10-22-9-14/h4-10H,21H2,1-3H3. The van der Waals surface area contributed by atoms with Gasteiger partial charge in [0.05, 0.1) is 16.4 Å². The third-order valence-electron chi connectivity index (χ3n) is 3.69. The van der Waals surface area contributed by atoms with Gasteiger partial charge in [-0.05, 0) is 50.1 Å². The molecule has 5 heteroatoms. The van der Waals surface area contributed by atoms with Crippen LogP contribution >= 0.6 is 11.6 Å². The van der Waals surface area contributed by atoms with Crippen LogP contribution in [0.4, 0.5) is 5.69 Å². The van der Waals surface area contributed by atoms with Crippen molar-refractivity contribution < 1.29 is 4.74 Å². The zero-order valence-corrected chi connectivity index (χ0v) is 14.6. The van der Waals surface area contributed by atoms with E-state index in [0.29, 0.717) is 22.3 Å². The molecule has 3 aromatic rings. The van der Waals surface area contributed by atoms with Gasteiger partial charge in [-0.1, -0.05) is 29.3 Å². The van der Waals surface area contributed by atoms with Crippen LogP contribution in [-0.4, -0.2) is 9.97 Å². The van der Waals surface area contributed by atoms with Crippen molar-refractivity contribution in [2.45, 2.75) is 20.8 Å². The number of benzene rings is 1. The third-order valence-corrected chi connectivity index (χ3v) is 3.90. The van der Waals surface area contributed by atoms with Gasteiger partial charge in [-0.15, -0.1) is 0 Å². The first kappa shape index (κ1) is 16.3. The number of pyridine rings is 2. The molecule has 0 aliphatic carbocycles. The minimum absolute atomic E-state index is 0.377. The maximum absolute atomic E-state index is 6.05. The van der Waals surface area contributed by atoms with Crippen molar-refractivity contribution in [3.63, 3.8) is 0 Å². The molecule has 0 fully saturated rings. The summed E-state index contributed by atoms with van der Waals surface area (Å²) in [7, 11) is 0. The molecule has 0 saturated heterocycles. The van der Waals surface area contributed by atoms with Crippen LogP contribution in [-0.2, 0) is 0 Å². The summed E-state index contributed by atoms with van der Waals surface area (Å²) < 4.78 is 6.03. The Morgan fingerprint density at radius 2 is 1.71 bits per heavy atom. The minimum Gasteiger partial charge on any atom is -0.437 e. The fourth-order valence-electron chi connectivity index (χ4n) is 2.67. The van der Waals surface area contributed by atoms with Gasteiger partial charge >= 0.3 is 0 Å². The zero-order chi connectivity index (χ0) is 17.3. The SMILES string of the molecule is Cc1cc(C)c(Oc2nc(-c3cncc(Cl)c3)ccc2N)c(C)c1. The molecule has 2 N–H and O–H groups in total. The van der Waals surface area contributed by atoms with Gasteiger partial charge in [0.2, 0.25) is 5.88 Å². The van der Waals surface area contributed by atoms with Crippen molar-refractivity contribution in [3.05, 3.63) is 64.4 Å². The molecule has 2 heterocycles. The van der Waals surface area contributed by atoms with Crippen LogP contribution in [0.3, 0.4) is 0 Å². The van der Waals surface area contributed by atoms with E-state index in [9.17, 15) is 0 Å². The Morgan fingerprint density at radius 3 is 2.38 bits per heavy atom. The summed E-state index contributed by atoms with van der Waals surface area (Å²) >= 11 is 6.01. The number of ether oxygens (including phenoxy) is 1. The third kappa shape index (κ3) is 3.34. The number of aryl methyl sites for hydroxylation is 3. The van der Waals surface area contributed by atoms with Gasteiger partial charge < -0.3 is 10.5 Å². The number of nitrogens with two attached hydrogens (primary N) is 1. The summed E-state index contributed by atoms with van der Waals surface area (Å²) in [6, 6.07) is 9.55. The van der Waals surface area contributed by atoms with Gasteiger partial charge in [-0.2, -0.15) is 0 Å². The fraction of sp³-hybridized carbons (Fsp3) is 0.158. The van der Waals surface area contributed by atoms with Crippen LogP contribution in [0.1, 0.15) is 16.7 Å². The number of hydrogen-bond acceptors (Lipinski definition) is 4. The Hall–Kier alpha value is -2.59. The minimum atomic E-state index is 0.377. The fourth-order valence-corrected chi connectivity index (χ4v) is 2.84. The molecular weight excluding hydrogens is 322 g/mol. The van der Waals surface area contributed by atoms with E-state index in [1.165, 1.54) is 5.56 Å². The molecule has 24 heavy (non-hydrogen) atoms. The highest BCUT2D eigenvalue weighted by Crippen LogP contribution is 2.33. The van der Waals surface area contributed by atoms with E-state index in [1.54, 1.807) is 24.5 Å². The van der Waals surface area contributed by atoms with Crippen LogP contribution < -0.4 is 10.5 Å². The molecule has 1 aromatic carbocycles. The Kier molecular flexibility index (Phi) is 4.40. The number of nitrogen functional groups attached to an aromatic ring is 1. The number of hydrogen-bond donors (Lipinski definition) is 1. The van der Waals surface area contributed by atoms with E-state index in [2.05, 4.69) is 29.0 Å². The molecule has 0 radical (unpaired) electrons. The molecule has 3 rings (SSSR count). The van der Waals surface area contributed by atoms with Crippen molar-refractivity contribution in [2.75, 3.05) is 5.73 Å². The van der Waals surface area contributed by atoms with Crippen LogP contribution in [0, 0.1) is 20.8 Å². The summed E-state index contributed by atoms with van der Waals surface area (Å²) in [6.45, 7) is 6.08. The van der Waals surface area contributed by atoms with E-state index >= 15 is 0 Å². The first-order valence-corrected chi connectivity index (χ1v) is 7.95. The molecule has 0 spiro atoms. The topological polar surface area (TPSA) is 61.0 Å². The summed E-state index contributed by atoms with van der Waals surface area (Å²) in [6.07, 6.45) is 3.29. The number of nitrogens with zero attached hydrogens (tertiary/aromatic N) is 2. The first-order chi connectivity index (χ1) is 11.4. The molecule has 0 aliphatic rings. The lowest BCUT2D eigenvalue weighted by atomic mass is 10.1. The number of anilines is 1. The quantitative estimate of drug-likeness (QED) is 0.721. The van der Waals surface area contributed by atoms with Gasteiger partial charge in [0.15, 0.2) is 0 Å². The summed E-state index contributed by atoms with van der Waals surface area (Å²) in [5, 5.41) is 0.554. The smallest absolute Gasteiger partial charge is 0.243 e. The average molecular weight is 340 g/mol. The van der Waals surface area contributed by atoms with Gasteiger partial charge in [-0.25, -0.2) is 4.98 Å². The Morgan fingerprint density at radius 1 is 1.00 bits per heavy atom. The van der Waals surface area contributed by atoms with Crippen molar-refractivity contribution >= 4 is 17.3 Å². The molecule has 0 saturated carbocycles. The predicted molar refractivity (Wildman–Crippen MR) is 97.6 cm³/mol. The summed E-state index contributed by atoms with van der Waals surface area (Å²) in [4.78, 5) is 8.63. The van der Waals surface area contributed by atoms with E-state index in [1.807, 2.05) is 19.9 Å². The normalized spacial score (nSPS) is 10.7. The van der Waals surface area contributed by atoms with Crippen LogP contribution in [0.25, 0.3) is 11.3 Å². The second-order valence-electron chi connectivity index (χ2n) is 5.81. The van der Waals surface area contributed by atoms with E-state index in [0.717, 1.165) is 22.4 Å². The lowest BCUT2D eigenvalue weighted by molar-refractivity contribution is 0.459. The second kappa shape index (κ2) is 6.49. The maximum Gasteiger partial charge on any atom is 0.243 e. The van der Waals surface area contributed by atoms with E-state index in [4.69, 9.17) is 22.1 Å². The lowest BCUT2D eigenvalue weighted by Crippen LogP contribution is -1.99. The zero-order valence-electron chi connectivity index (χ0n) is 13.8. The van der Waals surface area contributed by atoms with Crippen LogP contribution in [0.15, 0.2) is 42.7 Å². The van der Waals surface area contributed by atoms with E-state index < -0.39 is 0 Å². The molecule has 0 atom stereocenters. The Bertz CT molecular complexity index is 886. The highest BCUT2D eigenvalue weighted by Gasteiger charge is 2.12. The summed E-state index contributed by atoms with van der Waals surface area (Å²) in [5.41, 5.74) is 11.3. The largest absolute Gasteiger partial charge is 0.437 e. The predicted octanol–water partition coefficient (Wildman–Crippen LogP) is 5.10. The first-order valence-electron chi connectivity index (χ1n) is 7.57. The van der Waals surface area contributed by atoms with Crippen LogP contribution in [0.2, 0.25) is 5.02 Å². The molecular formula is C19H18ClN3O. The molecule has 0 unspecified atom stereocenters. The Labute approximate surface area is 146 Å². The molecule has 0 bridgehead atoms. The number of rotatable bonds is 3. The Balaban J connectivity index is 2.02. The van der Waals surface area contributed by atoms with Crippen molar-refractivity contribution in [3.8, 4) is 22.9 Å². The van der Waals surface area contributed by atoms with Crippen LogP contribution in [0.5, 0.6) is 11.6 Å². The van der Waals surface area contributed by atoms with Crippen molar-refractivity contribution in [1.82, 2.24) is 9.97 Å². The highest BCUT2D eigenvalue weighted by atomic mass is 35.5. The molecule has 2 aromatic heterocycles. The van der Waals surface area contributed by atoms with Gasteiger partial charge in [-0.3, -0.25) is 4.98 Å². The monoisotopic (exact) mass is 339 g/mol. The van der Waals surface area contributed by atoms with Crippen molar-refractivity contribution in [1.29, 1.82) is 0 Å². The van der Waals surface area contributed by atoms with Gasteiger partial charge in [0.25, 0.3) is 0 Å². The second-order valence-corrected chi connectivity index (χ2v) is 6.25. The van der Waals surface area contributed by atoms with E-state index in [-0.39, 0.29) is 0 Å². The molecule has 0 amide bonds. The lowest BCUT2D eigenvalue weighted by Gasteiger charge is -2.14. The molecule has 4 nitrogen and oxygen atoms in total. The van der Waals surface area contributed by atoms with Crippen molar-refractivity contribution in [2.24, 2.45) is 0 Å². The van der Waals surface area contributed by atoms with Gasteiger partial charge in [0, 0.05) is 18.0 Å².